The van der Waals surface area contributed by atoms with Crippen molar-refractivity contribution >= 4 is 11.6 Å². The van der Waals surface area contributed by atoms with E-state index in [4.69, 9.17) is 4.98 Å². The number of pyridine rings is 1. The molecule has 0 saturated carbocycles. The monoisotopic (exact) mass is 293 g/mol. The van der Waals surface area contributed by atoms with Crippen LogP contribution in [0.5, 0.6) is 0 Å². The molecule has 0 aliphatic carbocycles. The van der Waals surface area contributed by atoms with E-state index in [1.54, 1.807) is 7.05 Å². The van der Waals surface area contributed by atoms with Gasteiger partial charge in [0.15, 0.2) is 0 Å². The Morgan fingerprint density at radius 3 is 2.45 bits per heavy atom. The minimum Gasteiger partial charge on any atom is -0.359 e. The number of aryl methyl sites for hydroxylation is 2. The molecule has 112 valence electrons. The summed E-state index contributed by atoms with van der Waals surface area (Å²) in [5.41, 5.74) is 6.02. The summed E-state index contributed by atoms with van der Waals surface area (Å²) in [6.45, 7) is 4.09. The molecule has 22 heavy (non-hydrogen) atoms. The molecule has 0 saturated heterocycles. The Morgan fingerprint density at radius 2 is 1.77 bits per heavy atom. The SMILES string of the molecule is CNC(=O)Cc1c(-c2ccc(C)cc2)nc2ccc(C)cn12. The highest BCUT2D eigenvalue weighted by Gasteiger charge is 2.16. The summed E-state index contributed by atoms with van der Waals surface area (Å²) in [6.07, 6.45) is 2.34. The minimum absolute atomic E-state index is 0.0170. The van der Waals surface area contributed by atoms with E-state index in [1.165, 1.54) is 5.56 Å². The lowest BCUT2D eigenvalue weighted by Gasteiger charge is -2.06. The molecule has 4 nitrogen and oxygen atoms in total. The van der Waals surface area contributed by atoms with E-state index in [0.717, 1.165) is 28.2 Å². The average Bonchev–Trinajstić information content (AvgIpc) is 2.86. The van der Waals surface area contributed by atoms with Gasteiger partial charge in [0, 0.05) is 18.8 Å². The van der Waals surface area contributed by atoms with Gasteiger partial charge in [-0.25, -0.2) is 4.98 Å². The fourth-order valence-electron chi connectivity index (χ4n) is 2.55. The van der Waals surface area contributed by atoms with E-state index in [1.807, 2.05) is 29.7 Å². The van der Waals surface area contributed by atoms with Crippen LogP contribution in [0.3, 0.4) is 0 Å². The van der Waals surface area contributed by atoms with Crippen LogP contribution in [0.25, 0.3) is 16.9 Å². The van der Waals surface area contributed by atoms with Crippen molar-refractivity contribution in [1.82, 2.24) is 14.7 Å². The standard InChI is InChI=1S/C18H19N3O/c1-12-4-7-14(8-5-12)18-15(10-17(22)19-3)21-11-13(2)6-9-16(21)20-18/h4-9,11H,10H2,1-3H3,(H,19,22). The molecule has 1 N–H and O–H groups in total. The number of rotatable bonds is 3. The summed E-state index contributed by atoms with van der Waals surface area (Å²) in [7, 11) is 1.66. The number of benzene rings is 1. The van der Waals surface area contributed by atoms with Crippen molar-refractivity contribution in [2.24, 2.45) is 0 Å². The Hall–Kier alpha value is -2.62. The van der Waals surface area contributed by atoms with Gasteiger partial charge in [-0.15, -0.1) is 0 Å². The van der Waals surface area contributed by atoms with Gasteiger partial charge >= 0.3 is 0 Å². The second-order valence-electron chi connectivity index (χ2n) is 5.56. The number of fused-ring (bicyclic) bond motifs is 1. The van der Waals surface area contributed by atoms with Gasteiger partial charge in [-0.2, -0.15) is 0 Å². The summed E-state index contributed by atoms with van der Waals surface area (Å²) < 4.78 is 2.01. The predicted octanol–water partition coefficient (Wildman–Crippen LogP) is 2.91. The van der Waals surface area contributed by atoms with Crippen molar-refractivity contribution in [2.45, 2.75) is 20.3 Å². The summed E-state index contributed by atoms with van der Waals surface area (Å²) in [6, 6.07) is 12.3. The number of carbonyl (C=O) groups excluding carboxylic acids is 1. The van der Waals surface area contributed by atoms with Crippen LogP contribution in [-0.2, 0) is 11.2 Å². The van der Waals surface area contributed by atoms with Gasteiger partial charge < -0.3 is 9.72 Å². The van der Waals surface area contributed by atoms with Crippen molar-refractivity contribution in [1.29, 1.82) is 0 Å². The fourth-order valence-corrected chi connectivity index (χ4v) is 2.55. The Balaban J connectivity index is 2.21. The maximum Gasteiger partial charge on any atom is 0.225 e. The molecule has 0 radical (unpaired) electrons. The Morgan fingerprint density at radius 1 is 1.09 bits per heavy atom. The van der Waals surface area contributed by atoms with Crippen molar-refractivity contribution < 1.29 is 4.79 Å². The van der Waals surface area contributed by atoms with Crippen LogP contribution in [-0.4, -0.2) is 22.3 Å². The zero-order valence-corrected chi connectivity index (χ0v) is 13.1. The molecule has 3 rings (SSSR count). The van der Waals surface area contributed by atoms with E-state index in [-0.39, 0.29) is 5.91 Å². The molecular weight excluding hydrogens is 274 g/mol. The maximum absolute atomic E-state index is 11.9. The lowest BCUT2D eigenvalue weighted by atomic mass is 10.1. The molecule has 4 heteroatoms. The highest BCUT2D eigenvalue weighted by atomic mass is 16.1. The van der Waals surface area contributed by atoms with Crippen molar-refractivity contribution in [2.75, 3.05) is 7.05 Å². The normalized spacial score (nSPS) is 10.9. The van der Waals surface area contributed by atoms with E-state index >= 15 is 0 Å². The van der Waals surface area contributed by atoms with E-state index < -0.39 is 0 Å². The minimum atomic E-state index is -0.0170. The van der Waals surface area contributed by atoms with Crippen molar-refractivity contribution in [3.63, 3.8) is 0 Å². The third-order valence-electron chi connectivity index (χ3n) is 3.80. The highest BCUT2D eigenvalue weighted by molar-refractivity contribution is 5.81. The first-order valence-corrected chi connectivity index (χ1v) is 7.33. The number of hydrogen-bond acceptors (Lipinski definition) is 2. The lowest BCUT2D eigenvalue weighted by Crippen LogP contribution is -2.21. The maximum atomic E-state index is 11.9. The number of hydrogen-bond donors (Lipinski definition) is 1. The predicted molar refractivity (Wildman–Crippen MR) is 87.9 cm³/mol. The number of carbonyl (C=O) groups is 1. The molecule has 0 bridgehead atoms. The molecule has 0 aliphatic heterocycles. The molecule has 0 fully saturated rings. The van der Waals surface area contributed by atoms with E-state index in [9.17, 15) is 4.79 Å². The Labute approximate surface area is 129 Å². The smallest absolute Gasteiger partial charge is 0.225 e. The average molecular weight is 293 g/mol. The van der Waals surface area contributed by atoms with E-state index in [0.29, 0.717) is 6.42 Å². The molecule has 1 amide bonds. The zero-order chi connectivity index (χ0) is 15.7. The van der Waals surface area contributed by atoms with Crippen LogP contribution in [0.1, 0.15) is 16.8 Å². The Kier molecular flexibility index (Phi) is 3.67. The number of nitrogens with zero attached hydrogens (tertiary/aromatic N) is 2. The summed E-state index contributed by atoms with van der Waals surface area (Å²) in [5.74, 6) is -0.0170. The molecular formula is C18H19N3O. The number of imidazole rings is 1. The van der Waals surface area contributed by atoms with Crippen LogP contribution in [0.4, 0.5) is 0 Å². The third kappa shape index (κ3) is 2.60. The van der Waals surface area contributed by atoms with Gasteiger partial charge in [0.05, 0.1) is 17.8 Å². The number of nitrogens with one attached hydrogen (secondary N) is 1. The zero-order valence-electron chi connectivity index (χ0n) is 13.1. The largest absolute Gasteiger partial charge is 0.359 e. The first-order chi connectivity index (χ1) is 10.6. The van der Waals surface area contributed by atoms with Crippen LogP contribution in [0.15, 0.2) is 42.6 Å². The van der Waals surface area contributed by atoms with Gasteiger partial charge in [0.1, 0.15) is 5.65 Å². The van der Waals surface area contributed by atoms with Crippen molar-refractivity contribution in [3.8, 4) is 11.3 Å². The summed E-state index contributed by atoms with van der Waals surface area (Å²) in [5, 5.41) is 2.69. The molecule has 2 aromatic heterocycles. The molecule has 0 spiro atoms. The topological polar surface area (TPSA) is 46.4 Å². The van der Waals surface area contributed by atoms with Crippen LogP contribution >= 0.6 is 0 Å². The summed E-state index contributed by atoms with van der Waals surface area (Å²) >= 11 is 0. The van der Waals surface area contributed by atoms with Gasteiger partial charge in [0.25, 0.3) is 0 Å². The Bertz CT molecular complexity index is 831. The summed E-state index contributed by atoms with van der Waals surface area (Å²) in [4.78, 5) is 16.6. The molecule has 0 unspecified atom stereocenters. The number of aromatic nitrogens is 2. The third-order valence-corrected chi connectivity index (χ3v) is 3.80. The molecule has 1 aromatic carbocycles. The second kappa shape index (κ2) is 5.64. The lowest BCUT2D eigenvalue weighted by molar-refractivity contribution is -0.120. The molecule has 3 aromatic rings. The van der Waals surface area contributed by atoms with E-state index in [2.05, 4.69) is 36.5 Å². The number of likely N-dealkylation sites (N-methyl/N-ethyl adjacent to an activating group) is 1. The molecule has 2 heterocycles. The second-order valence-corrected chi connectivity index (χ2v) is 5.56. The molecule has 0 atom stereocenters. The van der Waals surface area contributed by atoms with Gasteiger partial charge in [-0.1, -0.05) is 35.9 Å². The fraction of sp³-hybridized carbons (Fsp3) is 0.222. The van der Waals surface area contributed by atoms with Gasteiger partial charge in [0.2, 0.25) is 5.91 Å². The van der Waals surface area contributed by atoms with Crippen LogP contribution in [0.2, 0.25) is 0 Å². The van der Waals surface area contributed by atoms with Gasteiger partial charge in [-0.05, 0) is 25.5 Å². The van der Waals surface area contributed by atoms with Gasteiger partial charge in [-0.3, -0.25) is 4.79 Å². The first-order valence-electron chi connectivity index (χ1n) is 7.33. The number of amides is 1. The molecule has 0 aliphatic rings. The highest BCUT2D eigenvalue weighted by Crippen LogP contribution is 2.25. The van der Waals surface area contributed by atoms with Crippen LogP contribution < -0.4 is 5.32 Å². The van der Waals surface area contributed by atoms with Crippen LogP contribution in [0, 0.1) is 13.8 Å². The van der Waals surface area contributed by atoms with Crippen molar-refractivity contribution in [3.05, 3.63) is 59.4 Å². The first kappa shape index (κ1) is 14.3. The quantitative estimate of drug-likeness (QED) is 0.807.